The van der Waals surface area contributed by atoms with Gasteiger partial charge in [0, 0.05) is 33.9 Å². The number of aliphatic imine (C=N–C) groups is 1. The molecule has 2 aromatic rings. The van der Waals surface area contributed by atoms with Crippen LogP contribution in [0.2, 0.25) is 0 Å². The Morgan fingerprint density at radius 3 is 2.38 bits per heavy atom. The van der Waals surface area contributed by atoms with Gasteiger partial charge in [-0.15, -0.1) is 0 Å². The maximum absolute atomic E-state index is 12.0. The summed E-state index contributed by atoms with van der Waals surface area (Å²) in [6.07, 6.45) is 2.23. The third-order valence-electron chi connectivity index (χ3n) is 5.31. The summed E-state index contributed by atoms with van der Waals surface area (Å²) >= 11 is 0. The fourth-order valence-corrected chi connectivity index (χ4v) is 3.24. The molecule has 0 aromatic heterocycles. The number of carbonyl (C=O) groups excluding carboxylic acids is 1. The normalized spacial score (nSPS) is 14.8. The van der Waals surface area contributed by atoms with E-state index in [9.17, 15) is 4.79 Å². The Morgan fingerprint density at radius 2 is 1.69 bits per heavy atom. The molecule has 0 unspecified atom stereocenters. The zero-order chi connectivity index (χ0) is 22.6. The number of likely N-dealkylation sites (N-methyl/N-ethyl adjacent to an activating group) is 1. The highest BCUT2D eigenvalue weighted by Crippen LogP contribution is 2.14. The van der Waals surface area contributed by atoms with Crippen LogP contribution in [-0.2, 0) is 34.0 Å². The van der Waals surface area contributed by atoms with Crippen LogP contribution >= 0.6 is 0 Å². The van der Waals surface area contributed by atoms with E-state index in [1.807, 2.05) is 30.3 Å². The smallest absolute Gasteiger partial charge is 0.241 e. The van der Waals surface area contributed by atoms with Crippen LogP contribution in [-0.4, -0.2) is 56.7 Å². The van der Waals surface area contributed by atoms with Crippen LogP contribution in [0.25, 0.3) is 0 Å². The first kappa shape index (κ1) is 23.8. The predicted molar refractivity (Wildman–Crippen MR) is 126 cm³/mol. The first-order valence-corrected chi connectivity index (χ1v) is 11.1. The van der Waals surface area contributed by atoms with Crippen LogP contribution in [0.5, 0.6) is 0 Å². The average Bonchev–Trinajstić information content (AvgIpc) is 2.84. The largest absolute Gasteiger partial charge is 0.381 e. The molecule has 0 spiro atoms. The van der Waals surface area contributed by atoms with Gasteiger partial charge in [0.15, 0.2) is 5.96 Å². The summed E-state index contributed by atoms with van der Waals surface area (Å²) in [5, 5.41) is 6.45. The molecular formula is C25H34N4O3. The lowest BCUT2D eigenvalue weighted by atomic mass is 10.1. The van der Waals surface area contributed by atoms with Crippen molar-refractivity contribution in [1.82, 2.24) is 15.5 Å². The summed E-state index contributed by atoms with van der Waals surface area (Å²) in [7, 11) is 3.48. The van der Waals surface area contributed by atoms with E-state index in [4.69, 9.17) is 9.47 Å². The van der Waals surface area contributed by atoms with E-state index in [-0.39, 0.29) is 12.5 Å². The summed E-state index contributed by atoms with van der Waals surface area (Å²) < 4.78 is 11.4. The van der Waals surface area contributed by atoms with E-state index in [1.165, 1.54) is 0 Å². The highest BCUT2D eigenvalue weighted by molar-refractivity contribution is 5.86. The van der Waals surface area contributed by atoms with E-state index in [0.717, 1.165) is 42.7 Å². The van der Waals surface area contributed by atoms with Gasteiger partial charge in [-0.3, -0.25) is 4.79 Å². The van der Waals surface area contributed by atoms with Crippen LogP contribution in [0, 0.1) is 0 Å². The summed E-state index contributed by atoms with van der Waals surface area (Å²) in [4.78, 5) is 18.2. The summed E-state index contributed by atoms with van der Waals surface area (Å²) in [6, 6.07) is 18.4. The molecule has 0 saturated carbocycles. The monoisotopic (exact) mass is 438 g/mol. The van der Waals surface area contributed by atoms with E-state index < -0.39 is 0 Å². The molecule has 7 nitrogen and oxygen atoms in total. The quantitative estimate of drug-likeness (QED) is 0.465. The molecule has 1 aliphatic heterocycles. The zero-order valence-electron chi connectivity index (χ0n) is 19.0. The van der Waals surface area contributed by atoms with Crippen LogP contribution in [0.3, 0.4) is 0 Å². The standard InChI is InChI=1S/C25H34N4O3/c1-29(2)24(30)18-28-25(26-16-20-6-4-3-5-7-20)27-17-21-8-10-22(11-9-21)19-32-23-12-14-31-15-13-23/h3-11,23H,12-19H2,1-2H3,(H2,26,27,28). The van der Waals surface area contributed by atoms with Gasteiger partial charge in [0.05, 0.1) is 25.8 Å². The second kappa shape index (κ2) is 12.8. The van der Waals surface area contributed by atoms with Gasteiger partial charge >= 0.3 is 0 Å². The van der Waals surface area contributed by atoms with Crippen LogP contribution in [0.15, 0.2) is 59.6 Å². The topological polar surface area (TPSA) is 75.2 Å². The number of ether oxygens (including phenoxy) is 2. The minimum absolute atomic E-state index is 0.00640. The number of amides is 1. The van der Waals surface area contributed by atoms with E-state index in [2.05, 4.69) is 39.9 Å². The highest BCUT2D eigenvalue weighted by Gasteiger charge is 2.14. The Kier molecular flexibility index (Phi) is 9.53. The molecule has 7 heteroatoms. The Labute approximate surface area is 190 Å². The molecule has 32 heavy (non-hydrogen) atoms. The van der Waals surface area contributed by atoms with Crippen LogP contribution < -0.4 is 10.6 Å². The third-order valence-corrected chi connectivity index (χ3v) is 5.31. The molecule has 1 aliphatic rings. The zero-order valence-corrected chi connectivity index (χ0v) is 19.0. The highest BCUT2D eigenvalue weighted by atomic mass is 16.5. The fraction of sp³-hybridized carbons (Fsp3) is 0.440. The van der Waals surface area contributed by atoms with Crippen LogP contribution in [0.1, 0.15) is 29.5 Å². The molecule has 0 aliphatic carbocycles. The lowest BCUT2D eigenvalue weighted by Gasteiger charge is -2.22. The Hall–Kier alpha value is -2.90. The maximum Gasteiger partial charge on any atom is 0.241 e. The molecule has 0 radical (unpaired) electrons. The van der Waals surface area contributed by atoms with Crippen molar-refractivity contribution < 1.29 is 14.3 Å². The SMILES string of the molecule is CN(C)C(=O)CNC(=NCc1ccccc1)NCc1ccc(COC2CCOCC2)cc1. The van der Waals surface area contributed by atoms with Gasteiger partial charge in [-0.05, 0) is 29.5 Å². The van der Waals surface area contributed by atoms with Gasteiger partial charge in [-0.25, -0.2) is 4.99 Å². The van der Waals surface area contributed by atoms with E-state index in [1.54, 1.807) is 19.0 Å². The van der Waals surface area contributed by atoms with Crippen molar-refractivity contribution in [1.29, 1.82) is 0 Å². The van der Waals surface area contributed by atoms with Crippen LogP contribution in [0.4, 0.5) is 0 Å². The van der Waals surface area contributed by atoms with Crippen molar-refractivity contribution in [2.24, 2.45) is 4.99 Å². The number of nitrogens with zero attached hydrogens (tertiary/aromatic N) is 2. The number of hydrogen-bond donors (Lipinski definition) is 2. The van der Waals surface area contributed by atoms with Crippen molar-refractivity contribution in [2.75, 3.05) is 33.9 Å². The number of rotatable bonds is 9. The molecule has 0 bridgehead atoms. The van der Waals surface area contributed by atoms with Crippen molar-refractivity contribution in [3.05, 3.63) is 71.3 Å². The van der Waals surface area contributed by atoms with Crippen molar-refractivity contribution in [3.63, 3.8) is 0 Å². The summed E-state index contributed by atoms with van der Waals surface area (Å²) in [5.41, 5.74) is 3.40. The second-order valence-electron chi connectivity index (χ2n) is 8.08. The Bertz CT molecular complexity index is 847. The van der Waals surface area contributed by atoms with Crippen molar-refractivity contribution >= 4 is 11.9 Å². The van der Waals surface area contributed by atoms with E-state index in [0.29, 0.717) is 31.8 Å². The van der Waals surface area contributed by atoms with Crippen molar-refractivity contribution in [3.8, 4) is 0 Å². The number of carbonyl (C=O) groups is 1. The molecule has 1 heterocycles. The fourth-order valence-electron chi connectivity index (χ4n) is 3.24. The first-order chi connectivity index (χ1) is 15.6. The summed E-state index contributed by atoms with van der Waals surface area (Å²) in [5.74, 6) is 0.601. The average molecular weight is 439 g/mol. The first-order valence-electron chi connectivity index (χ1n) is 11.1. The lowest BCUT2D eigenvalue weighted by Crippen LogP contribution is -2.42. The molecule has 172 valence electrons. The number of guanidine groups is 1. The molecule has 1 amide bonds. The Balaban J connectivity index is 1.52. The number of hydrogen-bond acceptors (Lipinski definition) is 4. The molecule has 2 aromatic carbocycles. The summed E-state index contributed by atoms with van der Waals surface area (Å²) in [6.45, 7) is 3.54. The molecule has 0 atom stereocenters. The van der Waals surface area contributed by atoms with Gasteiger partial charge in [-0.2, -0.15) is 0 Å². The van der Waals surface area contributed by atoms with Gasteiger partial charge in [0.25, 0.3) is 0 Å². The van der Waals surface area contributed by atoms with Gasteiger partial charge in [0.2, 0.25) is 5.91 Å². The van der Waals surface area contributed by atoms with Gasteiger partial charge in [-0.1, -0.05) is 54.6 Å². The molecule has 1 saturated heterocycles. The Morgan fingerprint density at radius 1 is 1.00 bits per heavy atom. The van der Waals surface area contributed by atoms with Gasteiger partial charge in [0.1, 0.15) is 0 Å². The second-order valence-corrected chi connectivity index (χ2v) is 8.08. The third kappa shape index (κ3) is 8.32. The molecule has 2 N–H and O–H groups in total. The molecule has 1 fully saturated rings. The number of benzene rings is 2. The molecule has 3 rings (SSSR count). The van der Waals surface area contributed by atoms with Gasteiger partial charge < -0.3 is 25.0 Å². The molecular weight excluding hydrogens is 404 g/mol. The predicted octanol–water partition coefficient (Wildman–Crippen LogP) is 2.71. The minimum Gasteiger partial charge on any atom is -0.381 e. The number of nitrogens with one attached hydrogen (secondary N) is 2. The lowest BCUT2D eigenvalue weighted by molar-refractivity contribution is -0.127. The van der Waals surface area contributed by atoms with Crippen molar-refractivity contribution in [2.45, 2.75) is 38.6 Å². The van der Waals surface area contributed by atoms with E-state index >= 15 is 0 Å². The minimum atomic E-state index is -0.00640. The maximum atomic E-state index is 12.0.